The largest absolute Gasteiger partial charge is 0.481 e. The van der Waals surface area contributed by atoms with E-state index in [1.54, 1.807) is 0 Å². The lowest BCUT2D eigenvalue weighted by atomic mass is 9.86. The molecule has 5 heteroatoms. The first-order valence-corrected chi connectivity index (χ1v) is 7.09. The summed E-state index contributed by atoms with van der Waals surface area (Å²) in [4.78, 5) is 10.9. The standard InChI is InChI=1S/C14H23N3O2/c1-3-17-13(8-10(2)16-17)9-15-12-6-4-11(5-7-12)14(18)19/h8,11-12,15H,3-7,9H2,1-2H3,(H,18,19). The Kier molecular flexibility index (Phi) is 4.58. The molecule has 1 aliphatic rings. The van der Waals surface area contributed by atoms with Crippen LogP contribution in [0.4, 0.5) is 0 Å². The van der Waals surface area contributed by atoms with Gasteiger partial charge in [-0.2, -0.15) is 5.10 Å². The van der Waals surface area contributed by atoms with Crippen LogP contribution in [0.15, 0.2) is 6.07 Å². The summed E-state index contributed by atoms with van der Waals surface area (Å²) >= 11 is 0. The Labute approximate surface area is 114 Å². The summed E-state index contributed by atoms with van der Waals surface area (Å²) in [6.07, 6.45) is 3.49. The molecule has 2 rings (SSSR count). The molecule has 1 saturated carbocycles. The van der Waals surface area contributed by atoms with Gasteiger partial charge >= 0.3 is 5.97 Å². The molecule has 0 radical (unpaired) electrons. The third kappa shape index (κ3) is 3.56. The molecule has 2 N–H and O–H groups in total. The van der Waals surface area contributed by atoms with E-state index in [4.69, 9.17) is 5.11 Å². The van der Waals surface area contributed by atoms with E-state index < -0.39 is 5.97 Å². The Morgan fingerprint density at radius 1 is 1.47 bits per heavy atom. The fraction of sp³-hybridized carbons (Fsp3) is 0.714. The number of carboxylic acid groups (broad SMARTS) is 1. The van der Waals surface area contributed by atoms with Crippen LogP contribution in [0.1, 0.15) is 44.0 Å². The number of aliphatic carboxylic acids is 1. The number of nitrogens with one attached hydrogen (secondary N) is 1. The maximum Gasteiger partial charge on any atom is 0.306 e. The highest BCUT2D eigenvalue weighted by molar-refractivity contribution is 5.70. The van der Waals surface area contributed by atoms with Gasteiger partial charge in [-0.15, -0.1) is 0 Å². The van der Waals surface area contributed by atoms with E-state index >= 15 is 0 Å². The van der Waals surface area contributed by atoms with Crippen LogP contribution in [0.3, 0.4) is 0 Å². The van der Waals surface area contributed by atoms with Crippen molar-refractivity contribution in [3.05, 3.63) is 17.5 Å². The van der Waals surface area contributed by atoms with Gasteiger partial charge in [-0.3, -0.25) is 9.48 Å². The van der Waals surface area contributed by atoms with Gasteiger partial charge in [-0.25, -0.2) is 0 Å². The molecular formula is C14H23N3O2. The minimum absolute atomic E-state index is 0.138. The molecule has 1 aliphatic carbocycles. The number of hydrogen-bond acceptors (Lipinski definition) is 3. The van der Waals surface area contributed by atoms with E-state index in [9.17, 15) is 4.79 Å². The molecule has 0 saturated heterocycles. The van der Waals surface area contributed by atoms with Gasteiger partial charge in [-0.1, -0.05) is 0 Å². The first-order valence-electron chi connectivity index (χ1n) is 7.09. The predicted molar refractivity (Wildman–Crippen MR) is 72.9 cm³/mol. The minimum Gasteiger partial charge on any atom is -0.481 e. The number of rotatable bonds is 5. The van der Waals surface area contributed by atoms with Crippen molar-refractivity contribution in [2.75, 3.05) is 0 Å². The van der Waals surface area contributed by atoms with E-state index in [1.165, 1.54) is 5.69 Å². The zero-order valence-corrected chi connectivity index (χ0v) is 11.7. The fourth-order valence-corrected chi connectivity index (χ4v) is 2.81. The molecule has 1 aromatic rings. The van der Waals surface area contributed by atoms with Crippen LogP contribution in [-0.2, 0) is 17.9 Å². The molecule has 0 unspecified atom stereocenters. The number of hydrogen-bond donors (Lipinski definition) is 2. The van der Waals surface area contributed by atoms with Crippen molar-refractivity contribution >= 4 is 5.97 Å². The fourth-order valence-electron chi connectivity index (χ4n) is 2.81. The summed E-state index contributed by atoms with van der Waals surface area (Å²) < 4.78 is 2.02. The average Bonchev–Trinajstić information content (AvgIpc) is 2.77. The number of carboxylic acids is 1. The molecule has 106 valence electrons. The molecule has 1 aromatic heterocycles. The highest BCUT2D eigenvalue weighted by Crippen LogP contribution is 2.24. The van der Waals surface area contributed by atoms with Crippen LogP contribution in [0.25, 0.3) is 0 Å². The second-order valence-electron chi connectivity index (χ2n) is 5.36. The lowest BCUT2D eigenvalue weighted by Gasteiger charge is -2.27. The second-order valence-corrected chi connectivity index (χ2v) is 5.36. The van der Waals surface area contributed by atoms with Crippen molar-refractivity contribution in [3.63, 3.8) is 0 Å². The van der Waals surface area contributed by atoms with Gasteiger partial charge in [0.2, 0.25) is 0 Å². The van der Waals surface area contributed by atoms with Crippen LogP contribution in [0, 0.1) is 12.8 Å². The number of carbonyl (C=O) groups is 1. The van der Waals surface area contributed by atoms with Crippen molar-refractivity contribution < 1.29 is 9.90 Å². The molecule has 5 nitrogen and oxygen atoms in total. The highest BCUT2D eigenvalue weighted by Gasteiger charge is 2.25. The van der Waals surface area contributed by atoms with Gasteiger partial charge in [0.1, 0.15) is 0 Å². The van der Waals surface area contributed by atoms with Crippen LogP contribution in [-0.4, -0.2) is 26.9 Å². The zero-order chi connectivity index (χ0) is 13.8. The summed E-state index contributed by atoms with van der Waals surface area (Å²) in [5.74, 6) is -0.778. The van der Waals surface area contributed by atoms with Gasteiger partial charge in [0.25, 0.3) is 0 Å². The van der Waals surface area contributed by atoms with Crippen LogP contribution < -0.4 is 5.32 Å². The van der Waals surface area contributed by atoms with Crippen LogP contribution in [0.5, 0.6) is 0 Å². The van der Waals surface area contributed by atoms with E-state index in [0.29, 0.717) is 6.04 Å². The number of nitrogens with zero attached hydrogens (tertiary/aromatic N) is 2. The topological polar surface area (TPSA) is 67.2 Å². The van der Waals surface area contributed by atoms with Gasteiger partial charge in [0.15, 0.2) is 0 Å². The van der Waals surface area contributed by atoms with Crippen LogP contribution in [0.2, 0.25) is 0 Å². The lowest BCUT2D eigenvalue weighted by Crippen LogP contribution is -2.35. The molecular weight excluding hydrogens is 242 g/mol. The van der Waals surface area contributed by atoms with Crippen molar-refractivity contribution in [3.8, 4) is 0 Å². The number of aryl methyl sites for hydroxylation is 2. The summed E-state index contributed by atoms with van der Waals surface area (Å²) in [5.41, 5.74) is 2.26. The van der Waals surface area contributed by atoms with E-state index in [1.807, 2.05) is 11.6 Å². The normalized spacial score (nSPS) is 23.5. The summed E-state index contributed by atoms with van der Waals surface area (Å²) in [6.45, 7) is 5.80. The molecule has 0 spiro atoms. The van der Waals surface area contributed by atoms with E-state index in [2.05, 4.69) is 23.4 Å². The van der Waals surface area contributed by atoms with Gasteiger partial charge in [0.05, 0.1) is 17.3 Å². The molecule has 19 heavy (non-hydrogen) atoms. The molecule has 0 amide bonds. The lowest BCUT2D eigenvalue weighted by molar-refractivity contribution is -0.142. The van der Waals surface area contributed by atoms with Crippen molar-refractivity contribution in [2.45, 2.75) is 58.7 Å². The third-order valence-corrected chi connectivity index (χ3v) is 3.93. The summed E-state index contributed by atoms with van der Waals surface area (Å²) in [6, 6.07) is 2.55. The maximum atomic E-state index is 10.9. The molecule has 1 fully saturated rings. The van der Waals surface area contributed by atoms with E-state index in [0.717, 1.165) is 44.5 Å². The quantitative estimate of drug-likeness (QED) is 0.854. The van der Waals surface area contributed by atoms with Gasteiger partial charge in [0, 0.05) is 19.1 Å². The van der Waals surface area contributed by atoms with Crippen molar-refractivity contribution in [2.24, 2.45) is 5.92 Å². The Bertz CT molecular complexity index is 434. The predicted octanol–water partition coefficient (Wildman–Crippen LogP) is 1.94. The van der Waals surface area contributed by atoms with Crippen LogP contribution >= 0.6 is 0 Å². The molecule has 0 bridgehead atoms. The smallest absolute Gasteiger partial charge is 0.306 e. The first-order chi connectivity index (χ1) is 9.10. The summed E-state index contributed by atoms with van der Waals surface area (Å²) in [5, 5.41) is 16.9. The van der Waals surface area contributed by atoms with E-state index in [-0.39, 0.29) is 5.92 Å². The number of aromatic nitrogens is 2. The Morgan fingerprint density at radius 2 is 2.16 bits per heavy atom. The Balaban J connectivity index is 1.82. The molecule has 0 aliphatic heterocycles. The zero-order valence-electron chi connectivity index (χ0n) is 11.7. The molecule has 0 aromatic carbocycles. The molecule has 1 heterocycles. The summed E-state index contributed by atoms with van der Waals surface area (Å²) in [7, 11) is 0. The van der Waals surface area contributed by atoms with Gasteiger partial charge < -0.3 is 10.4 Å². The third-order valence-electron chi connectivity index (χ3n) is 3.93. The average molecular weight is 265 g/mol. The first kappa shape index (κ1) is 14.1. The Morgan fingerprint density at radius 3 is 2.74 bits per heavy atom. The van der Waals surface area contributed by atoms with Crippen molar-refractivity contribution in [1.82, 2.24) is 15.1 Å². The highest BCUT2D eigenvalue weighted by atomic mass is 16.4. The van der Waals surface area contributed by atoms with Crippen molar-refractivity contribution in [1.29, 1.82) is 0 Å². The second kappa shape index (κ2) is 6.19. The SMILES string of the molecule is CCn1nc(C)cc1CNC1CCC(C(=O)O)CC1. The Hall–Kier alpha value is -1.36. The van der Waals surface area contributed by atoms with Gasteiger partial charge in [-0.05, 0) is 45.6 Å². The monoisotopic (exact) mass is 265 g/mol. The minimum atomic E-state index is -0.641. The molecule has 0 atom stereocenters. The maximum absolute atomic E-state index is 10.9.